The molecule has 0 atom stereocenters. The Kier molecular flexibility index (Phi) is 5.15. The topological polar surface area (TPSA) is 54.0 Å². The number of nitrogens with zero attached hydrogens (tertiary/aromatic N) is 1. The summed E-state index contributed by atoms with van der Waals surface area (Å²) >= 11 is 1.60. The van der Waals surface area contributed by atoms with E-state index in [2.05, 4.69) is 21.7 Å². The van der Waals surface area contributed by atoms with Crippen molar-refractivity contribution >= 4 is 23.4 Å². The van der Waals surface area contributed by atoms with Gasteiger partial charge in [0.25, 0.3) is 0 Å². The molecule has 2 aromatic rings. The minimum Gasteiger partial charge on any atom is -0.326 e. The molecule has 5 heteroatoms. The van der Waals surface area contributed by atoms with Crippen molar-refractivity contribution in [3.05, 3.63) is 48.2 Å². The number of hydrogen-bond donors (Lipinski definition) is 2. The molecule has 4 nitrogen and oxygen atoms in total. The van der Waals surface area contributed by atoms with Crippen LogP contribution in [0.5, 0.6) is 0 Å². The van der Waals surface area contributed by atoms with Crippen LogP contribution in [0.15, 0.2) is 52.5 Å². The summed E-state index contributed by atoms with van der Waals surface area (Å²) in [7, 11) is 1.92. The molecule has 1 heterocycles. The zero-order chi connectivity index (χ0) is 14.4. The SMILES string of the molecule is CNCc1ccc(Sc2ccc(NC(C)=O)cc2)nc1. The van der Waals surface area contributed by atoms with E-state index in [0.717, 1.165) is 27.7 Å². The molecule has 0 spiro atoms. The molecule has 0 radical (unpaired) electrons. The van der Waals surface area contributed by atoms with Gasteiger partial charge in [-0.3, -0.25) is 4.79 Å². The van der Waals surface area contributed by atoms with E-state index in [4.69, 9.17) is 0 Å². The number of rotatable bonds is 5. The molecule has 0 unspecified atom stereocenters. The Hall–Kier alpha value is -1.85. The number of carbonyl (C=O) groups is 1. The third-order valence-electron chi connectivity index (χ3n) is 2.58. The summed E-state index contributed by atoms with van der Waals surface area (Å²) in [5.74, 6) is -0.0628. The predicted octanol–water partition coefficient (Wildman–Crippen LogP) is 2.91. The average Bonchev–Trinajstić information content (AvgIpc) is 2.43. The summed E-state index contributed by atoms with van der Waals surface area (Å²) in [5, 5.41) is 6.80. The largest absolute Gasteiger partial charge is 0.326 e. The lowest BCUT2D eigenvalue weighted by Crippen LogP contribution is -2.05. The van der Waals surface area contributed by atoms with Crippen molar-refractivity contribution in [3.63, 3.8) is 0 Å². The van der Waals surface area contributed by atoms with E-state index >= 15 is 0 Å². The summed E-state index contributed by atoms with van der Waals surface area (Å²) < 4.78 is 0. The van der Waals surface area contributed by atoms with Crippen molar-refractivity contribution in [3.8, 4) is 0 Å². The van der Waals surface area contributed by atoms with E-state index < -0.39 is 0 Å². The van der Waals surface area contributed by atoms with Crippen molar-refractivity contribution in [1.29, 1.82) is 0 Å². The van der Waals surface area contributed by atoms with Gasteiger partial charge in [-0.2, -0.15) is 0 Å². The number of aromatic nitrogens is 1. The second-order valence-electron chi connectivity index (χ2n) is 4.34. The van der Waals surface area contributed by atoms with Crippen LogP contribution in [0.2, 0.25) is 0 Å². The van der Waals surface area contributed by atoms with Crippen molar-refractivity contribution in [1.82, 2.24) is 10.3 Å². The van der Waals surface area contributed by atoms with Gasteiger partial charge in [-0.1, -0.05) is 17.8 Å². The molecule has 20 heavy (non-hydrogen) atoms. The fourth-order valence-electron chi connectivity index (χ4n) is 1.71. The average molecular weight is 287 g/mol. The molecule has 0 bridgehead atoms. The number of nitrogens with one attached hydrogen (secondary N) is 2. The fraction of sp³-hybridized carbons (Fsp3) is 0.200. The first-order valence-corrected chi connectivity index (χ1v) is 7.14. The molecular weight excluding hydrogens is 270 g/mol. The van der Waals surface area contributed by atoms with Gasteiger partial charge in [0.1, 0.15) is 5.03 Å². The second kappa shape index (κ2) is 7.07. The third-order valence-corrected chi connectivity index (χ3v) is 3.53. The number of anilines is 1. The molecule has 0 saturated carbocycles. The van der Waals surface area contributed by atoms with E-state index in [-0.39, 0.29) is 5.91 Å². The maximum absolute atomic E-state index is 10.9. The number of benzene rings is 1. The van der Waals surface area contributed by atoms with Crippen molar-refractivity contribution in [2.45, 2.75) is 23.4 Å². The van der Waals surface area contributed by atoms with Crippen LogP contribution in [-0.4, -0.2) is 17.9 Å². The Bertz CT molecular complexity index is 567. The van der Waals surface area contributed by atoms with Crippen LogP contribution in [0.3, 0.4) is 0 Å². The lowest BCUT2D eigenvalue weighted by atomic mass is 10.3. The van der Waals surface area contributed by atoms with E-state index in [1.54, 1.807) is 11.8 Å². The molecule has 2 rings (SSSR count). The summed E-state index contributed by atoms with van der Waals surface area (Å²) in [6.45, 7) is 2.32. The van der Waals surface area contributed by atoms with Gasteiger partial charge in [0.15, 0.2) is 0 Å². The molecule has 104 valence electrons. The zero-order valence-electron chi connectivity index (χ0n) is 11.5. The van der Waals surface area contributed by atoms with E-state index in [0.29, 0.717) is 0 Å². The normalized spacial score (nSPS) is 10.3. The standard InChI is InChI=1S/C15H17N3OS/c1-11(19)18-13-4-6-14(7-5-13)20-15-8-3-12(9-16-2)10-17-15/h3-8,10,16H,9H2,1-2H3,(H,18,19). The van der Waals surface area contributed by atoms with Gasteiger partial charge in [-0.15, -0.1) is 0 Å². The molecule has 0 saturated heterocycles. The molecule has 0 aliphatic heterocycles. The van der Waals surface area contributed by atoms with Crippen LogP contribution in [0, 0.1) is 0 Å². The first-order valence-electron chi connectivity index (χ1n) is 6.32. The van der Waals surface area contributed by atoms with Gasteiger partial charge in [-0.25, -0.2) is 4.98 Å². The quantitative estimate of drug-likeness (QED) is 0.888. The van der Waals surface area contributed by atoms with E-state index in [1.165, 1.54) is 6.92 Å². The van der Waals surface area contributed by atoms with Gasteiger partial charge in [-0.05, 0) is 42.9 Å². The molecule has 0 fully saturated rings. The van der Waals surface area contributed by atoms with Crippen LogP contribution in [-0.2, 0) is 11.3 Å². The van der Waals surface area contributed by atoms with Crippen LogP contribution in [0.4, 0.5) is 5.69 Å². The van der Waals surface area contributed by atoms with E-state index in [9.17, 15) is 4.79 Å². The van der Waals surface area contributed by atoms with Crippen LogP contribution >= 0.6 is 11.8 Å². The van der Waals surface area contributed by atoms with E-state index in [1.807, 2.05) is 43.6 Å². The minimum absolute atomic E-state index is 0.0628. The van der Waals surface area contributed by atoms with Gasteiger partial charge < -0.3 is 10.6 Å². The zero-order valence-corrected chi connectivity index (χ0v) is 12.3. The van der Waals surface area contributed by atoms with Crippen molar-refractivity contribution in [2.24, 2.45) is 0 Å². The maximum atomic E-state index is 10.9. The highest BCUT2D eigenvalue weighted by Gasteiger charge is 2.01. The van der Waals surface area contributed by atoms with Gasteiger partial charge in [0.05, 0.1) is 0 Å². The number of carbonyl (C=O) groups excluding carboxylic acids is 1. The molecule has 1 amide bonds. The molecule has 1 aromatic heterocycles. The van der Waals surface area contributed by atoms with Crippen molar-refractivity contribution in [2.75, 3.05) is 12.4 Å². The van der Waals surface area contributed by atoms with Crippen molar-refractivity contribution < 1.29 is 4.79 Å². The Morgan fingerprint density at radius 3 is 2.50 bits per heavy atom. The molecule has 2 N–H and O–H groups in total. The molecule has 0 aliphatic carbocycles. The van der Waals surface area contributed by atoms with Gasteiger partial charge in [0, 0.05) is 30.2 Å². The Morgan fingerprint density at radius 1 is 1.20 bits per heavy atom. The van der Waals surface area contributed by atoms with Gasteiger partial charge >= 0.3 is 0 Å². The maximum Gasteiger partial charge on any atom is 0.221 e. The second-order valence-corrected chi connectivity index (χ2v) is 5.44. The summed E-state index contributed by atoms with van der Waals surface area (Å²) in [5.41, 5.74) is 1.97. The highest BCUT2D eigenvalue weighted by atomic mass is 32.2. The molecule has 0 aliphatic rings. The first-order chi connectivity index (χ1) is 9.67. The highest BCUT2D eigenvalue weighted by Crippen LogP contribution is 2.27. The monoisotopic (exact) mass is 287 g/mol. The summed E-state index contributed by atoms with van der Waals surface area (Å²) in [4.78, 5) is 16.5. The molecular formula is C15H17N3OS. The lowest BCUT2D eigenvalue weighted by molar-refractivity contribution is -0.114. The minimum atomic E-state index is -0.0628. The number of pyridine rings is 1. The number of amides is 1. The number of hydrogen-bond acceptors (Lipinski definition) is 4. The summed E-state index contributed by atoms with van der Waals surface area (Å²) in [6, 6.07) is 11.8. The van der Waals surface area contributed by atoms with Crippen LogP contribution < -0.4 is 10.6 Å². The third kappa shape index (κ3) is 4.36. The smallest absolute Gasteiger partial charge is 0.221 e. The van der Waals surface area contributed by atoms with Gasteiger partial charge in [0.2, 0.25) is 5.91 Å². The lowest BCUT2D eigenvalue weighted by Gasteiger charge is -2.05. The highest BCUT2D eigenvalue weighted by molar-refractivity contribution is 7.99. The summed E-state index contributed by atoms with van der Waals surface area (Å²) in [6.07, 6.45) is 1.88. The van der Waals surface area contributed by atoms with Crippen LogP contribution in [0.25, 0.3) is 0 Å². The molecule has 1 aromatic carbocycles. The Balaban J connectivity index is 2.00. The Labute approximate surface area is 123 Å². The van der Waals surface area contributed by atoms with Crippen LogP contribution in [0.1, 0.15) is 12.5 Å². The first kappa shape index (κ1) is 14.6. The Morgan fingerprint density at radius 2 is 1.95 bits per heavy atom. The fourth-order valence-corrected chi connectivity index (χ4v) is 2.47. The predicted molar refractivity (Wildman–Crippen MR) is 81.9 cm³/mol.